The number of ether oxygens (including phenoxy) is 2. The summed E-state index contributed by atoms with van der Waals surface area (Å²) in [7, 11) is 0. The second kappa shape index (κ2) is 8.63. The largest absolute Gasteiger partial charge is 0.486 e. The summed E-state index contributed by atoms with van der Waals surface area (Å²) in [4.78, 5) is 12.5. The molecule has 152 valence electrons. The number of alkyl halides is 2. The third-order valence-electron chi connectivity index (χ3n) is 3.80. The van der Waals surface area contributed by atoms with Crippen LogP contribution in [0.2, 0.25) is 0 Å². The summed E-state index contributed by atoms with van der Waals surface area (Å²) in [6, 6.07) is 8.09. The second-order valence-corrected chi connectivity index (χ2v) is 5.79. The molecule has 0 saturated carbocycles. The summed E-state index contributed by atoms with van der Waals surface area (Å²) < 4.78 is 65.6. The van der Waals surface area contributed by atoms with Gasteiger partial charge in [0, 0.05) is 11.8 Å². The average Bonchev–Trinajstić information content (AvgIpc) is 3.03. The minimum absolute atomic E-state index is 0.0642. The van der Waals surface area contributed by atoms with Crippen molar-refractivity contribution in [2.75, 3.05) is 5.32 Å². The van der Waals surface area contributed by atoms with Crippen LogP contribution in [-0.2, 0) is 6.61 Å². The Kier molecular flexibility index (Phi) is 6.01. The van der Waals surface area contributed by atoms with E-state index >= 15 is 0 Å². The Hall–Kier alpha value is -3.56. The van der Waals surface area contributed by atoms with Crippen LogP contribution in [0, 0.1) is 18.6 Å². The zero-order valence-corrected chi connectivity index (χ0v) is 14.9. The van der Waals surface area contributed by atoms with E-state index in [9.17, 15) is 22.4 Å². The van der Waals surface area contributed by atoms with Crippen molar-refractivity contribution in [3.05, 3.63) is 71.1 Å². The van der Waals surface area contributed by atoms with Crippen molar-refractivity contribution in [1.29, 1.82) is 0 Å². The molecule has 0 unspecified atom stereocenters. The number of rotatable bonds is 7. The molecule has 1 heterocycles. The molecule has 2 aromatic carbocycles. The van der Waals surface area contributed by atoms with Gasteiger partial charge in [0.1, 0.15) is 23.9 Å². The van der Waals surface area contributed by atoms with Crippen LogP contribution in [0.5, 0.6) is 11.5 Å². The molecule has 6 nitrogen and oxygen atoms in total. The van der Waals surface area contributed by atoms with Crippen LogP contribution in [0.15, 0.2) is 47.0 Å². The lowest BCUT2D eigenvalue weighted by atomic mass is 10.2. The Morgan fingerprint density at radius 1 is 1.17 bits per heavy atom. The zero-order chi connectivity index (χ0) is 21.0. The van der Waals surface area contributed by atoms with Crippen molar-refractivity contribution in [2.24, 2.45) is 0 Å². The van der Waals surface area contributed by atoms with Crippen LogP contribution < -0.4 is 14.8 Å². The molecule has 29 heavy (non-hydrogen) atoms. The molecular formula is C19H14F4N2O4. The molecule has 0 aliphatic rings. The van der Waals surface area contributed by atoms with Gasteiger partial charge in [-0.1, -0.05) is 5.16 Å². The highest BCUT2D eigenvalue weighted by Gasteiger charge is 2.21. The number of nitrogens with zero attached hydrogens (tertiary/aromatic N) is 1. The fourth-order valence-corrected chi connectivity index (χ4v) is 2.39. The lowest BCUT2D eigenvalue weighted by molar-refractivity contribution is -0.0498. The van der Waals surface area contributed by atoms with Crippen molar-refractivity contribution >= 4 is 11.6 Å². The van der Waals surface area contributed by atoms with E-state index in [1.54, 1.807) is 6.92 Å². The summed E-state index contributed by atoms with van der Waals surface area (Å²) in [6.45, 7) is -1.66. The first-order chi connectivity index (χ1) is 13.8. The van der Waals surface area contributed by atoms with Gasteiger partial charge in [-0.3, -0.25) is 4.79 Å². The van der Waals surface area contributed by atoms with Gasteiger partial charge in [-0.2, -0.15) is 8.78 Å². The Morgan fingerprint density at radius 3 is 2.55 bits per heavy atom. The number of carbonyl (C=O) groups excluding carboxylic acids is 1. The maximum absolute atomic E-state index is 13.7. The third-order valence-corrected chi connectivity index (χ3v) is 3.80. The van der Waals surface area contributed by atoms with E-state index in [4.69, 9.17) is 9.26 Å². The van der Waals surface area contributed by atoms with Crippen LogP contribution in [0.1, 0.15) is 21.8 Å². The Morgan fingerprint density at radius 2 is 1.90 bits per heavy atom. The van der Waals surface area contributed by atoms with E-state index < -0.39 is 24.2 Å². The molecule has 0 radical (unpaired) electrons. The molecule has 3 rings (SSSR count). The number of carbonyl (C=O) groups is 1. The first-order valence-electron chi connectivity index (χ1n) is 8.22. The normalized spacial score (nSPS) is 10.8. The molecule has 0 atom stereocenters. The highest BCUT2D eigenvalue weighted by atomic mass is 19.3. The number of anilines is 1. The topological polar surface area (TPSA) is 73.6 Å². The SMILES string of the molecule is Cc1onc(C(=O)Nc2ccc(OC(F)F)cc2)c1COc1ccc(F)cc1F. The lowest BCUT2D eigenvalue weighted by Crippen LogP contribution is -2.15. The molecule has 10 heteroatoms. The van der Waals surface area contributed by atoms with E-state index in [0.29, 0.717) is 11.8 Å². The zero-order valence-electron chi connectivity index (χ0n) is 14.9. The van der Waals surface area contributed by atoms with Gasteiger partial charge >= 0.3 is 6.61 Å². The van der Waals surface area contributed by atoms with Crippen LogP contribution in [0.4, 0.5) is 23.2 Å². The van der Waals surface area contributed by atoms with E-state index in [2.05, 4.69) is 15.2 Å². The van der Waals surface area contributed by atoms with Crippen LogP contribution >= 0.6 is 0 Å². The fraction of sp³-hybridized carbons (Fsp3) is 0.158. The Balaban J connectivity index is 1.70. The second-order valence-electron chi connectivity index (χ2n) is 5.79. The van der Waals surface area contributed by atoms with E-state index in [1.165, 1.54) is 24.3 Å². The molecule has 0 aliphatic carbocycles. The summed E-state index contributed by atoms with van der Waals surface area (Å²) in [5.41, 5.74) is 0.468. The van der Waals surface area contributed by atoms with E-state index in [1.807, 2.05) is 0 Å². The Bertz CT molecular complexity index is 1010. The van der Waals surface area contributed by atoms with Crippen molar-refractivity contribution < 1.29 is 36.4 Å². The average molecular weight is 410 g/mol. The standard InChI is InChI=1S/C19H14F4N2O4/c1-10-14(9-27-16-7-2-11(20)8-15(16)21)17(25-29-10)18(26)24-12-3-5-13(6-4-12)28-19(22)23/h2-8,19H,9H2,1H3,(H,24,26). The number of aromatic nitrogens is 1. The number of benzene rings is 2. The van der Waals surface area contributed by atoms with Gasteiger partial charge in [-0.05, 0) is 43.3 Å². The number of halogens is 4. The predicted molar refractivity (Wildman–Crippen MR) is 93.0 cm³/mol. The van der Waals surface area contributed by atoms with Gasteiger partial charge in [0.25, 0.3) is 5.91 Å². The minimum atomic E-state index is -2.96. The van der Waals surface area contributed by atoms with Gasteiger partial charge < -0.3 is 19.3 Å². The van der Waals surface area contributed by atoms with Gasteiger partial charge in [-0.25, -0.2) is 8.78 Å². The molecule has 3 aromatic rings. The summed E-state index contributed by atoms with van der Waals surface area (Å²) >= 11 is 0. The third kappa shape index (κ3) is 5.03. The lowest BCUT2D eigenvalue weighted by Gasteiger charge is -2.09. The maximum Gasteiger partial charge on any atom is 0.387 e. The first-order valence-corrected chi connectivity index (χ1v) is 8.22. The molecule has 0 aliphatic heterocycles. The monoisotopic (exact) mass is 410 g/mol. The highest BCUT2D eigenvalue weighted by molar-refractivity contribution is 6.03. The highest BCUT2D eigenvalue weighted by Crippen LogP contribution is 2.23. The predicted octanol–water partition coefficient (Wildman–Crippen LogP) is 4.69. The molecular weight excluding hydrogens is 396 g/mol. The minimum Gasteiger partial charge on any atom is -0.486 e. The number of amides is 1. The summed E-state index contributed by atoms with van der Waals surface area (Å²) in [5, 5.41) is 6.20. The summed E-state index contributed by atoms with van der Waals surface area (Å²) in [6.07, 6.45) is 0. The molecule has 0 saturated heterocycles. The van der Waals surface area contributed by atoms with Crippen LogP contribution in [0.3, 0.4) is 0 Å². The number of hydrogen-bond donors (Lipinski definition) is 1. The van der Waals surface area contributed by atoms with Gasteiger partial charge in [-0.15, -0.1) is 0 Å². The number of hydrogen-bond acceptors (Lipinski definition) is 5. The van der Waals surface area contributed by atoms with Crippen molar-refractivity contribution in [3.63, 3.8) is 0 Å². The molecule has 1 amide bonds. The van der Waals surface area contributed by atoms with Crippen molar-refractivity contribution in [3.8, 4) is 11.5 Å². The molecule has 1 N–H and O–H groups in total. The number of nitrogens with one attached hydrogen (secondary N) is 1. The first kappa shape index (κ1) is 20.2. The molecule has 0 fully saturated rings. The molecule has 0 spiro atoms. The molecule has 1 aromatic heterocycles. The smallest absolute Gasteiger partial charge is 0.387 e. The van der Waals surface area contributed by atoms with Gasteiger partial charge in [0.2, 0.25) is 0 Å². The Labute approximate surface area is 162 Å². The van der Waals surface area contributed by atoms with Crippen LogP contribution in [0.25, 0.3) is 0 Å². The van der Waals surface area contributed by atoms with Crippen molar-refractivity contribution in [2.45, 2.75) is 20.1 Å². The quantitative estimate of drug-likeness (QED) is 0.572. The van der Waals surface area contributed by atoms with Crippen molar-refractivity contribution in [1.82, 2.24) is 5.16 Å². The van der Waals surface area contributed by atoms with Crippen LogP contribution in [-0.4, -0.2) is 17.7 Å². The number of aryl methyl sites for hydroxylation is 1. The van der Waals surface area contributed by atoms with E-state index in [0.717, 1.165) is 12.1 Å². The maximum atomic E-state index is 13.7. The van der Waals surface area contributed by atoms with Gasteiger partial charge in [0.05, 0.1) is 5.56 Å². The van der Waals surface area contributed by atoms with Gasteiger partial charge in [0.15, 0.2) is 17.3 Å². The molecule has 0 bridgehead atoms. The van der Waals surface area contributed by atoms with E-state index in [-0.39, 0.29) is 35.1 Å². The summed E-state index contributed by atoms with van der Waals surface area (Å²) in [5.74, 6) is -2.28. The fourth-order valence-electron chi connectivity index (χ4n) is 2.39.